The maximum atomic E-state index is 12.4. The Kier molecular flexibility index (Phi) is 5.13. The van der Waals surface area contributed by atoms with Gasteiger partial charge in [-0.15, -0.1) is 0 Å². The van der Waals surface area contributed by atoms with Crippen LogP contribution in [0.25, 0.3) is 0 Å². The van der Waals surface area contributed by atoms with Crippen LogP contribution in [-0.2, 0) is 6.61 Å². The number of hydrogen-bond acceptors (Lipinski definition) is 5. The molecule has 128 valence electrons. The van der Waals surface area contributed by atoms with Gasteiger partial charge in [0.1, 0.15) is 5.75 Å². The highest BCUT2D eigenvalue weighted by Crippen LogP contribution is 2.24. The van der Waals surface area contributed by atoms with Gasteiger partial charge in [-0.2, -0.15) is 4.98 Å². The van der Waals surface area contributed by atoms with E-state index in [1.165, 1.54) is 19.3 Å². The fraction of sp³-hybridized carbons (Fsp3) is 0.500. The highest BCUT2D eigenvalue weighted by molar-refractivity contribution is 5.94. The number of hydrogen-bond donors (Lipinski definition) is 1. The molecule has 0 spiro atoms. The highest BCUT2D eigenvalue weighted by Gasteiger charge is 2.23. The molecule has 24 heavy (non-hydrogen) atoms. The lowest BCUT2D eigenvalue weighted by Gasteiger charge is -2.29. The minimum Gasteiger partial charge on any atom is -0.485 e. The SMILES string of the molecule is Cc1nc(COc2ccc(C(=O)NC3CCCCC3C)cc2)no1. The van der Waals surface area contributed by atoms with E-state index in [0.29, 0.717) is 28.9 Å². The van der Waals surface area contributed by atoms with Crippen molar-refractivity contribution in [3.8, 4) is 5.75 Å². The zero-order valence-corrected chi connectivity index (χ0v) is 14.1. The molecule has 0 aliphatic heterocycles. The number of carbonyl (C=O) groups is 1. The van der Waals surface area contributed by atoms with Gasteiger partial charge in [-0.05, 0) is 43.0 Å². The molecule has 2 unspecified atom stereocenters. The van der Waals surface area contributed by atoms with Crippen LogP contribution in [0.15, 0.2) is 28.8 Å². The zero-order valence-electron chi connectivity index (χ0n) is 14.1. The molecule has 1 aromatic heterocycles. The van der Waals surface area contributed by atoms with E-state index in [1.807, 2.05) is 0 Å². The van der Waals surface area contributed by atoms with Gasteiger partial charge in [0.15, 0.2) is 6.61 Å². The first-order valence-corrected chi connectivity index (χ1v) is 8.45. The Morgan fingerprint density at radius 3 is 2.71 bits per heavy atom. The van der Waals surface area contributed by atoms with Crippen LogP contribution < -0.4 is 10.1 Å². The maximum absolute atomic E-state index is 12.4. The van der Waals surface area contributed by atoms with Crippen molar-refractivity contribution in [3.05, 3.63) is 41.5 Å². The van der Waals surface area contributed by atoms with E-state index in [4.69, 9.17) is 9.26 Å². The van der Waals surface area contributed by atoms with Crippen molar-refractivity contribution < 1.29 is 14.1 Å². The van der Waals surface area contributed by atoms with Gasteiger partial charge in [-0.25, -0.2) is 0 Å². The van der Waals surface area contributed by atoms with Gasteiger partial charge >= 0.3 is 0 Å². The fourth-order valence-electron chi connectivity index (χ4n) is 3.03. The van der Waals surface area contributed by atoms with Crippen LogP contribution >= 0.6 is 0 Å². The second kappa shape index (κ2) is 7.47. The molecule has 1 aliphatic carbocycles. The van der Waals surface area contributed by atoms with Gasteiger partial charge < -0.3 is 14.6 Å². The van der Waals surface area contributed by atoms with Crippen LogP contribution in [0, 0.1) is 12.8 Å². The Morgan fingerprint density at radius 2 is 2.04 bits per heavy atom. The Labute approximate surface area is 141 Å². The van der Waals surface area contributed by atoms with Crippen LogP contribution in [-0.4, -0.2) is 22.1 Å². The Hall–Kier alpha value is -2.37. The number of benzene rings is 1. The minimum atomic E-state index is -0.0194. The number of ether oxygens (including phenoxy) is 1. The van der Waals surface area contributed by atoms with E-state index in [1.54, 1.807) is 31.2 Å². The summed E-state index contributed by atoms with van der Waals surface area (Å²) in [5.41, 5.74) is 0.649. The van der Waals surface area contributed by atoms with Gasteiger partial charge in [0.25, 0.3) is 5.91 Å². The van der Waals surface area contributed by atoms with Crippen molar-refractivity contribution in [2.24, 2.45) is 5.92 Å². The summed E-state index contributed by atoms with van der Waals surface area (Å²) in [7, 11) is 0. The molecule has 3 rings (SSSR count). The average Bonchev–Trinajstić information content (AvgIpc) is 3.01. The zero-order chi connectivity index (χ0) is 16.9. The molecular formula is C18H23N3O3. The van der Waals surface area contributed by atoms with E-state index >= 15 is 0 Å². The fourth-order valence-corrected chi connectivity index (χ4v) is 3.03. The van der Waals surface area contributed by atoms with E-state index in [-0.39, 0.29) is 18.6 Å². The smallest absolute Gasteiger partial charge is 0.251 e. The molecule has 1 aliphatic rings. The molecule has 1 heterocycles. The van der Waals surface area contributed by atoms with Crippen molar-refractivity contribution in [1.82, 2.24) is 15.5 Å². The predicted octanol–water partition coefficient (Wildman–Crippen LogP) is 3.27. The van der Waals surface area contributed by atoms with Crippen molar-refractivity contribution in [2.45, 2.75) is 52.2 Å². The summed E-state index contributed by atoms with van der Waals surface area (Å²) in [5.74, 6) is 2.20. The van der Waals surface area contributed by atoms with Crippen LogP contribution in [0.3, 0.4) is 0 Å². The Morgan fingerprint density at radius 1 is 1.29 bits per heavy atom. The van der Waals surface area contributed by atoms with Gasteiger partial charge in [0.05, 0.1) is 0 Å². The lowest BCUT2D eigenvalue weighted by molar-refractivity contribution is 0.0910. The summed E-state index contributed by atoms with van der Waals surface area (Å²) >= 11 is 0. The number of nitrogens with one attached hydrogen (secondary N) is 1. The average molecular weight is 329 g/mol. The number of amides is 1. The molecule has 1 aromatic carbocycles. The molecule has 1 amide bonds. The topological polar surface area (TPSA) is 77.2 Å². The third-order valence-corrected chi connectivity index (χ3v) is 4.48. The molecule has 6 nitrogen and oxygen atoms in total. The quantitative estimate of drug-likeness (QED) is 0.911. The van der Waals surface area contributed by atoms with Crippen LogP contribution in [0.1, 0.15) is 54.7 Å². The lowest BCUT2D eigenvalue weighted by Crippen LogP contribution is -2.41. The van der Waals surface area contributed by atoms with Crippen molar-refractivity contribution in [3.63, 3.8) is 0 Å². The minimum absolute atomic E-state index is 0.0194. The maximum Gasteiger partial charge on any atom is 0.251 e. The van der Waals surface area contributed by atoms with Crippen molar-refractivity contribution in [1.29, 1.82) is 0 Å². The second-order valence-corrected chi connectivity index (χ2v) is 6.38. The molecule has 6 heteroatoms. The molecule has 1 saturated carbocycles. The molecule has 0 radical (unpaired) electrons. The summed E-state index contributed by atoms with van der Waals surface area (Å²) in [6.07, 6.45) is 4.71. The van der Waals surface area contributed by atoms with Crippen LogP contribution in [0.5, 0.6) is 5.75 Å². The lowest BCUT2D eigenvalue weighted by atomic mass is 9.86. The molecule has 1 fully saturated rings. The molecule has 2 aromatic rings. The predicted molar refractivity (Wildman–Crippen MR) is 88.7 cm³/mol. The Bertz CT molecular complexity index is 681. The van der Waals surface area contributed by atoms with Crippen molar-refractivity contribution in [2.75, 3.05) is 0 Å². The monoisotopic (exact) mass is 329 g/mol. The third-order valence-electron chi connectivity index (χ3n) is 4.48. The first-order valence-electron chi connectivity index (χ1n) is 8.45. The summed E-state index contributed by atoms with van der Waals surface area (Å²) in [4.78, 5) is 16.4. The van der Waals surface area contributed by atoms with E-state index < -0.39 is 0 Å². The Balaban J connectivity index is 1.54. The van der Waals surface area contributed by atoms with Crippen LogP contribution in [0.2, 0.25) is 0 Å². The first kappa shape index (κ1) is 16.5. The van der Waals surface area contributed by atoms with Gasteiger partial charge in [0, 0.05) is 18.5 Å². The van der Waals surface area contributed by atoms with Gasteiger partial charge in [-0.3, -0.25) is 4.79 Å². The van der Waals surface area contributed by atoms with Crippen LogP contribution in [0.4, 0.5) is 0 Å². The van der Waals surface area contributed by atoms with Gasteiger partial charge in [-0.1, -0.05) is 24.9 Å². The standard InChI is InChI=1S/C18H23N3O3/c1-12-5-3-4-6-16(12)20-18(22)14-7-9-15(10-8-14)23-11-17-19-13(2)24-21-17/h7-10,12,16H,3-6,11H2,1-2H3,(H,20,22). The summed E-state index contributed by atoms with van der Waals surface area (Å²) in [5, 5.41) is 6.93. The van der Waals surface area contributed by atoms with E-state index in [9.17, 15) is 4.79 Å². The number of aromatic nitrogens is 2. The molecule has 2 atom stereocenters. The number of aryl methyl sites for hydroxylation is 1. The van der Waals surface area contributed by atoms with E-state index in [2.05, 4.69) is 22.4 Å². The third kappa shape index (κ3) is 4.13. The molecule has 0 saturated heterocycles. The summed E-state index contributed by atoms with van der Waals surface area (Å²) in [6.45, 7) is 4.18. The first-order chi connectivity index (χ1) is 11.6. The highest BCUT2D eigenvalue weighted by atomic mass is 16.5. The molecule has 1 N–H and O–H groups in total. The van der Waals surface area contributed by atoms with Crippen molar-refractivity contribution >= 4 is 5.91 Å². The molecular weight excluding hydrogens is 306 g/mol. The normalized spacial score (nSPS) is 20.6. The summed E-state index contributed by atoms with van der Waals surface area (Å²) < 4.78 is 10.5. The number of rotatable bonds is 5. The summed E-state index contributed by atoms with van der Waals surface area (Å²) in [6, 6.07) is 7.40. The largest absolute Gasteiger partial charge is 0.485 e. The van der Waals surface area contributed by atoms with Gasteiger partial charge in [0.2, 0.25) is 11.7 Å². The number of nitrogens with zero attached hydrogens (tertiary/aromatic N) is 2. The van der Waals surface area contributed by atoms with E-state index in [0.717, 1.165) is 6.42 Å². The number of carbonyl (C=O) groups excluding carboxylic acids is 1. The second-order valence-electron chi connectivity index (χ2n) is 6.38. The molecule has 0 bridgehead atoms.